The minimum absolute atomic E-state index is 0.186. The van der Waals surface area contributed by atoms with Crippen molar-refractivity contribution >= 4 is 16.8 Å². The molecule has 0 bridgehead atoms. The Labute approximate surface area is 66.8 Å². The second-order valence-electron chi connectivity index (χ2n) is 3.96. The van der Waals surface area contributed by atoms with Gasteiger partial charge in [0.05, 0.1) is 0 Å². The standard InChI is InChI=1S/C8H13ClO/c1-7(2,6(9)10)8(3)4-5-8/h4-5H2,1-3H3. The zero-order valence-electron chi connectivity index (χ0n) is 6.70. The van der Waals surface area contributed by atoms with Crippen molar-refractivity contribution in [2.24, 2.45) is 10.8 Å². The fourth-order valence-electron chi connectivity index (χ4n) is 1.05. The summed E-state index contributed by atoms with van der Waals surface area (Å²) in [6, 6.07) is 0. The average Bonchev–Trinajstić information content (AvgIpc) is 2.48. The van der Waals surface area contributed by atoms with Gasteiger partial charge in [-0.3, -0.25) is 4.79 Å². The van der Waals surface area contributed by atoms with Gasteiger partial charge in [-0.05, 0) is 29.9 Å². The summed E-state index contributed by atoms with van der Waals surface area (Å²) in [7, 11) is 0. The van der Waals surface area contributed by atoms with Gasteiger partial charge in [0.25, 0.3) is 0 Å². The molecule has 0 saturated heterocycles. The highest BCUT2D eigenvalue weighted by Crippen LogP contribution is 2.58. The van der Waals surface area contributed by atoms with Gasteiger partial charge in [0.2, 0.25) is 5.24 Å². The number of halogens is 1. The Morgan fingerprint density at radius 1 is 1.50 bits per heavy atom. The fraction of sp³-hybridized carbons (Fsp3) is 0.875. The number of rotatable bonds is 2. The maximum Gasteiger partial charge on any atom is 0.227 e. The molecule has 0 N–H and O–H groups in total. The van der Waals surface area contributed by atoms with Crippen LogP contribution in [0.5, 0.6) is 0 Å². The summed E-state index contributed by atoms with van der Waals surface area (Å²) in [5.41, 5.74) is -0.139. The summed E-state index contributed by atoms with van der Waals surface area (Å²) in [5, 5.41) is -0.201. The quantitative estimate of drug-likeness (QED) is 0.568. The predicted octanol–water partition coefficient (Wildman–Crippen LogP) is 2.58. The molecule has 1 aliphatic rings. The van der Waals surface area contributed by atoms with Crippen LogP contribution in [0.15, 0.2) is 0 Å². The van der Waals surface area contributed by atoms with Crippen LogP contribution in [0.25, 0.3) is 0 Å². The first-order chi connectivity index (χ1) is 4.40. The van der Waals surface area contributed by atoms with E-state index in [1.807, 2.05) is 13.8 Å². The third-order valence-electron chi connectivity index (χ3n) is 3.00. The molecule has 0 heterocycles. The Balaban J connectivity index is 2.77. The molecule has 0 spiro atoms. The van der Waals surface area contributed by atoms with E-state index < -0.39 is 0 Å². The van der Waals surface area contributed by atoms with Gasteiger partial charge in [0.1, 0.15) is 0 Å². The average molecular weight is 161 g/mol. The zero-order valence-corrected chi connectivity index (χ0v) is 7.46. The van der Waals surface area contributed by atoms with Crippen molar-refractivity contribution in [1.82, 2.24) is 0 Å². The van der Waals surface area contributed by atoms with Crippen molar-refractivity contribution in [2.75, 3.05) is 0 Å². The lowest BCUT2D eigenvalue weighted by Crippen LogP contribution is -2.29. The van der Waals surface area contributed by atoms with E-state index in [-0.39, 0.29) is 16.1 Å². The Morgan fingerprint density at radius 2 is 1.90 bits per heavy atom. The van der Waals surface area contributed by atoms with Gasteiger partial charge in [-0.2, -0.15) is 0 Å². The fourth-order valence-corrected chi connectivity index (χ4v) is 1.28. The molecule has 1 rings (SSSR count). The molecule has 0 unspecified atom stereocenters. The minimum atomic E-state index is -0.325. The third kappa shape index (κ3) is 0.968. The molecule has 1 aliphatic carbocycles. The highest BCUT2D eigenvalue weighted by atomic mass is 35.5. The van der Waals surface area contributed by atoms with E-state index in [2.05, 4.69) is 6.92 Å². The molecule has 1 fully saturated rings. The Morgan fingerprint density at radius 3 is 2.00 bits per heavy atom. The van der Waals surface area contributed by atoms with Crippen LogP contribution in [0.2, 0.25) is 0 Å². The number of hydrogen-bond donors (Lipinski definition) is 0. The molecule has 0 aromatic rings. The molecular formula is C8H13ClO. The molecule has 0 aromatic heterocycles. The summed E-state index contributed by atoms with van der Waals surface area (Å²) >= 11 is 5.46. The monoisotopic (exact) mass is 160 g/mol. The summed E-state index contributed by atoms with van der Waals surface area (Å²) in [6.07, 6.45) is 2.27. The molecule has 0 amide bonds. The lowest BCUT2D eigenvalue weighted by Gasteiger charge is -2.27. The number of carbonyl (C=O) groups is 1. The van der Waals surface area contributed by atoms with Crippen LogP contribution in [0.4, 0.5) is 0 Å². The molecule has 58 valence electrons. The molecule has 1 saturated carbocycles. The van der Waals surface area contributed by atoms with E-state index in [1.54, 1.807) is 0 Å². The summed E-state index contributed by atoms with van der Waals surface area (Å²) in [5.74, 6) is 0. The number of hydrogen-bond acceptors (Lipinski definition) is 1. The van der Waals surface area contributed by atoms with Crippen LogP contribution in [0, 0.1) is 10.8 Å². The maximum atomic E-state index is 10.9. The molecule has 1 nitrogen and oxygen atoms in total. The largest absolute Gasteiger partial charge is 0.281 e. The van der Waals surface area contributed by atoms with Crippen LogP contribution < -0.4 is 0 Å². The molecule has 0 radical (unpaired) electrons. The first kappa shape index (κ1) is 8.06. The van der Waals surface area contributed by atoms with Crippen molar-refractivity contribution in [2.45, 2.75) is 33.6 Å². The highest BCUT2D eigenvalue weighted by Gasteiger charge is 2.53. The lowest BCUT2D eigenvalue weighted by molar-refractivity contribution is -0.121. The van der Waals surface area contributed by atoms with Gasteiger partial charge >= 0.3 is 0 Å². The van der Waals surface area contributed by atoms with Gasteiger partial charge in [0, 0.05) is 5.41 Å². The molecule has 0 aromatic carbocycles. The Kier molecular flexibility index (Phi) is 1.59. The minimum Gasteiger partial charge on any atom is -0.281 e. The number of carbonyl (C=O) groups excluding carboxylic acids is 1. The van der Waals surface area contributed by atoms with Gasteiger partial charge in [-0.1, -0.05) is 20.8 Å². The van der Waals surface area contributed by atoms with Crippen LogP contribution in [0.1, 0.15) is 33.6 Å². The van der Waals surface area contributed by atoms with Gasteiger partial charge in [-0.25, -0.2) is 0 Å². The Hall–Kier alpha value is -0.0400. The molecule has 2 heteroatoms. The van der Waals surface area contributed by atoms with E-state index in [1.165, 1.54) is 0 Å². The second kappa shape index (κ2) is 1.97. The van der Waals surface area contributed by atoms with E-state index in [9.17, 15) is 4.79 Å². The van der Waals surface area contributed by atoms with Crippen LogP contribution in [-0.4, -0.2) is 5.24 Å². The van der Waals surface area contributed by atoms with Crippen LogP contribution in [-0.2, 0) is 4.79 Å². The predicted molar refractivity (Wildman–Crippen MR) is 42.0 cm³/mol. The summed E-state index contributed by atoms with van der Waals surface area (Å²) < 4.78 is 0. The SMILES string of the molecule is CC1(C(C)(C)C(=O)Cl)CC1. The van der Waals surface area contributed by atoms with Crippen molar-refractivity contribution in [3.8, 4) is 0 Å². The first-order valence-electron chi connectivity index (χ1n) is 3.60. The smallest absolute Gasteiger partial charge is 0.227 e. The van der Waals surface area contributed by atoms with E-state index >= 15 is 0 Å². The zero-order chi connectivity index (χ0) is 7.99. The summed E-state index contributed by atoms with van der Waals surface area (Å²) in [6.45, 7) is 5.97. The van der Waals surface area contributed by atoms with Crippen molar-refractivity contribution in [3.05, 3.63) is 0 Å². The van der Waals surface area contributed by atoms with Crippen LogP contribution >= 0.6 is 11.6 Å². The summed E-state index contributed by atoms with van der Waals surface area (Å²) in [4.78, 5) is 10.9. The van der Waals surface area contributed by atoms with Gasteiger partial charge in [-0.15, -0.1) is 0 Å². The van der Waals surface area contributed by atoms with Crippen molar-refractivity contribution in [1.29, 1.82) is 0 Å². The molecule has 10 heavy (non-hydrogen) atoms. The van der Waals surface area contributed by atoms with Crippen molar-refractivity contribution < 1.29 is 4.79 Å². The third-order valence-corrected chi connectivity index (χ3v) is 3.47. The maximum absolute atomic E-state index is 10.9. The van der Waals surface area contributed by atoms with Crippen molar-refractivity contribution in [3.63, 3.8) is 0 Å². The van der Waals surface area contributed by atoms with Crippen LogP contribution in [0.3, 0.4) is 0 Å². The lowest BCUT2D eigenvalue weighted by atomic mass is 9.78. The van der Waals surface area contributed by atoms with Gasteiger partial charge < -0.3 is 0 Å². The van der Waals surface area contributed by atoms with E-state index in [0.29, 0.717) is 0 Å². The van der Waals surface area contributed by atoms with E-state index in [4.69, 9.17) is 11.6 Å². The second-order valence-corrected chi connectivity index (χ2v) is 4.30. The molecule has 0 aliphatic heterocycles. The van der Waals surface area contributed by atoms with Gasteiger partial charge in [0.15, 0.2) is 0 Å². The molecular weight excluding hydrogens is 148 g/mol. The first-order valence-corrected chi connectivity index (χ1v) is 3.98. The Bertz CT molecular complexity index is 168. The molecule has 0 atom stereocenters. The topological polar surface area (TPSA) is 17.1 Å². The van der Waals surface area contributed by atoms with E-state index in [0.717, 1.165) is 12.8 Å². The normalized spacial score (nSPS) is 22.4. The highest BCUT2D eigenvalue weighted by molar-refractivity contribution is 6.64.